The van der Waals surface area contributed by atoms with Crippen molar-refractivity contribution in [2.24, 2.45) is 11.8 Å². The average Bonchev–Trinajstić information content (AvgIpc) is 2.26. The van der Waals surface area contributed by atoms with E-state index in [1.807, 2.05) is 13.8 Å². The zero-order valence-corrected chi connectivity index (χ0v) is 12.4. The second kappa shape index (κ2) is 6.84. The maximum Gasteiger partial charge on any atom is 0.279 e. The van der Waals surface area contributed by atoms with Crippen LogP contribution in [0.1, 0.15) is 40.0 Å². The fraction of sp³-hybridized carbons (Fsp3) is 1.00. The van der Waals surface area contributed by atoms with Gasteiger partial charge in [-0.15, -0.1) is 0 Å². The number of aliphatic hydroxyl groups is 1. The summed E-state index contributed by atoms with van der Waals surface area (Å²) in [6.45, 7) is 7.41. The van der Waals surface area contributed by atoms with Crippen molar-refractivity contribution >= 4 is 10.2 Å². The summed E-state index contributed by atoms with van der Waals surface area (Å²) in [5.41, 5.74) is 0. The van der Waals surface area contributed by atoms with Crippen molar-refractivity contribution in [1.29, 1.82) is 0 Å². The van der Waals surface area contributed by atoms with Crippen LogP contribution < -0.4 is 4.72 Å². The summed E-state index contributed by atoms with van der Waals surface area (Å²) < 4.78 is 28.0. The quantitative estimate of drug-likeness (QED) is 0.760. The highest BCUT2D eigenvalue weighted by atomic mass is 32.2. The van der Waals surface area contributed by atoms with Gasteiger partial charge in [-0.05, 0) is 31.1 Å². The fourth-order valence-corrected chi connectivity index (χ4v) is 3.42. The Balaban J connectivity index is 2.40. The largest absolute Gasteiger partial charge is 0.392 e. The Bertz CT molecular complexity index is 335. The van der Waals surface area contributed by atoms with E-state index in [0.29, 0.717) is 31.3 Å². The van der Waals surface area contributed by atoms with E-state index in [-0.39, 0.29) is 6.54 Å². The molecule has 5 nitrogen and oxygen atoms in total. The van der Waals surface area contributed by atoms with Crippen LogP contribution in [0.5, 0.6) is 0 Å². The van der Waals surface area contributed by atoms with E-state index in [2.05, 4.69) is 11.6 Å². The third-order valence-electron chi connectivity index (χ3n) is 3.33. The zero-order chi connectivity index (χ0) is 13.8. The molecule has 1 atom stereocenters. The van der Waals surface area contributed by atoms with E-state index in [4.69, 9.17) is 0 Å². The van der Waals surface area contributed by atoms with Crippen LogP contribution >= 0.6 is 0 Å². The normalized spacial score (nSPS) is 21.4. The number of rotatable bonds is 6. The predicted octanol–water partition coefficient (Wildman–Crippen LogP) is 0.960. The van der Waals surface area contributed by atoms with E-state index in [1.165, 1.54) is 4.31 Å². The molecular formula is C12H26N2O3S. The van der Waals surface area contributed by atoms with Gasteiger partial charge >= 0.3 is 0 Å². The van der Waals surface area contributed by atoms with Crippen LogP contribution in [0.4, 0.5) is 0 Å². The van der Waals surface area contributed by atoms with Crippen LogP contribution in [0.2, 0.25) is 0 Å². The summed E-state index contributed by atoms with van der Waals surface area (Å²) in [7, 11) is -3.41. The molecule has 0 aromatic carbocycles. The Morgan fingerprint density at radius 1 is 1.33 bits per heavy atom. The SMILES string of the molecule is CC(C)CC(O)CNS(=O)(=O)N1CCC(C)CC1. The summed E-state index contributed by atoms with van der Waals surface area (Å²) in [6, 6.07) is 0. The van der Waals surface area contributed by atoms with Crippen molar-refractivity contribution in [3.8, 4) is 0 Å². The topological polar surface area (TPSA) is 69.6 Å². The summed E-state index contributed by atoms with van der Waals surface area (Å²) in [6.07, 6.45) is 1.83. The van der Waals surface area contributed by atoms with Crippen LogP contribution in [-0.4, -0.2) is 43.6 Å². The molecule has 0 aliphatic carbocycles. The van der Waals surface area contributed by atoms with Gasteiger partial charge < -0.3 is 5.11 Å². The van der Waals surface area contributed by atoms with E-state index in [9.17, 15) is 13.5 Å². The van der Waals surface area contributed by atoms with Crippen LogP contribution in [0, 0.1) is 11.8 Å². The number of nitrogens with zero attached hydrogens (tertiary/aromatic N) is 1. The number of piperidine rings is 1. The van der Waals surface area contributed by atoms with Gasteiger partial charge in [-0.2, -0.15) is 17.4 Å². The van der Waals surface area contributed by atoms with Gasteiger partial charge in [0.2, 0.25) is 0 Å². The molecule has 108 valence electrons. The van der Waals surface area contributed by atoms with Gasteiger partial charge in [0.15, 0.2) is 0 Å². The van der Waals surface area contributed by atoms with Crippen LogP contribution in [-0.2, 0) is 10.2 Å². The highest BCUT2D eigenvalue weighted by Crippen LogP contribution is 2.17. The average molecular weight is 278 g/mol. The van der Waals surface area contributed by atoms with Crippen LogP contribution in [0.15, 0.2) is 0 Å². The van der Waals surface area contributed by atoms with Crippen molar-refractivity contribution in [3.63, 3.8) is 0 Å². The lowest BCUT2D eigenvalue weighted by molar-refractivity contribution is 0.151. The summed E-state index contributed by atoms with van der Waals surface area (Å²) >= 11 is 0. The van der Waals surface area contributed by atoms with Crippen molar-refractivity contribution in [2.75, 3.05) is 19.6 Å². The van der Waals surface area contributed by atoms with Gasteiger partial charge in [-0.1, -0.05) is 20.8 Å². The third-order valence-corrected chi connectivity index (χ3v) is 4.90. The number of hydrogen-bond acceptors (Lipinski definition) is 3. The molecule has 0 amide bonds. The van der Waals surface area contributed by atoms with Gasteiger partial charge in [0.1, 0.15) is 0 Å². The summed E-state index contributed by atoms with van der Waals surface area (Å²) in [5, 5.41) is 9.68. The van der Waals surface area contributed by atoms with Gasteiger partial charge in [-0.3, -0.25) is 0 Å². The van der Waals surface area contributed by atoms with Gasteiger partial charge in [-0.25, -0.2) is 0 Å². The molecular weight excluding hydrogens is 252 g/mol. The molecule has 18 heavy (non-hydrogen) atoms. The minimum Gasteiger partial charge on any atom is -0.392 e. The van der Waals surface area contributed by atoms with Crippen LogP contribution in [0.3, 0.4) is 0 Å². The molecule has 0 aromatic heterocycles. The molecule has 1 aliphatic rings. The zero-order valence-electron chi connectivity index (χ0n) is 11.6. The molecule has 1 saturated heterocycles. The minimum atomic E-state index is -3.41. The first-order valence-corrected chi connectivity index (χ1v) is 8.18. The standard InChI is InChI=1S/C12H26N2O3S/c1-10(2)8-12(15)9-13-18(16,17)14-6-4-11(3)5-7-14/h10-13,15H,4-9H2,1-3H3. The maximum atomic E-state index is 12.0. The molecule has 0 bridgehead atoms. The second-order valence-corrected chi connectivity index (χ2v) is 7.47. The van der Waals surface area contributed by atoms with Crippen LogP contribution in [0.25, 0.3) is 0 Å². The first-order valence-electron chi connectivity index (χ1n) is 6.74. The third kappa shape index (κ3) is 5.22. The Hall–Kier alpha value is -0.170. The van der Waals surface area contributed by atoms with E-state index in [0.717, 1.165) is 12.8 Å². The van der Waals surface area contributed by atoms with E-state index in [1.54, 1.807) is 0 Å². The molecule has 0 saturated carbocycles. The molecule has 2 N–H and O–H groups in total. The molecule has 1 fully saturated rings. The van der Waals surface area contributed by atoms with Crippen molar-refractivity contribution < 1.29 is 13.5 Å². The Morgan fingerprint density at radius 3 is 2.39 bits per heavy atom. The van der Waals surface area contributed by atoms with Crippen molar-refractivity contribution in [1.82, 2.24) is 9.03 Å². The maximum absolute atomic E-state index is 12.0. The first kappa shape index (κ1) is 15.9. The first-order chi connectivity index (χ1) is 8.31. The fourth-order valence-electron chi connectivity index (χ4n) is 2.15. The molecule has 1 aliphatic heterocycles. The lowest BCUT2D eigenvalue weighted by Gasteiger charge is -2.29. The van der Waals surface area contributed by atoms with E-state index >= 15 is 0 Å². The Labute approximate surface area is 111 Å². The monoisotopic (exact) mass is 278 g/mol. The van der Waals surface area contributed by atoms with Crippen molar-refractivity contribution in [3.05, 3.63) is 0 Å². The molecule has 0 radical (unpaired) electrons. The molecule has 1 unspecified atom stereocenters. The lowest BCUT2D eigenvalue weighted by Crippen LogP contribution is -2.46. The predicted molar refractivity (Wildman–Crippen MR) is 72.4 cm³/mol. The smallest absolute Gasteiger partial charge is 0.279 e. The molecule has 6 heteroatoms. The number of hydrogen-bond donors (Lipinski definition) is 2. The molecule has 0 spiro atoms. The minimum absolute atomic E-state index is 0.104. The summed E-state index contributed by atoms with van der Waals surface area (Å²) in [4.78, 5) is 0. The number of aliphatic hydroxyl groups excluding tert-OH is 1. The summed E-state index contributed by atoms with van der Waals surface area (Å²) in [5.74, 6) is 0.961. The highest BCUT2D eigenvalue weighted by molar-refractivity contribution is 7.87. The second-order valence-electron chi connectivity index (χ2n) is 5.72. The van der Waals surface area contributed by atoms with Gasteiger partial charge in [0.25, 0.3) is 10.2 Å². The highest BCUT2D eigenvalue weighted by Gasteiger charge is 2.26. The molecule has 0 aromatic rings. The van der Waals surface area contributed by atoms with Gasteiger partial charge in [0.05, 0.1) is 6.10 Å². The van der Waals surface area contributed by atoms with E-state index < -0.39 is 16.3 Å². The van der Waals surface area contributed by atoms with Gasteiger partial charge in [0, 0.05) is 19.6 Å². The Morgan fingerprint density at radius 2 is 1.89 bits per heavy atom. The molecule has 1 heterocycles. The Kier molecular flexibility index (Phi) is 6.04. The molecule has 1 rings (SSSR count). The van der Waals surface area contributed by atoms with Crippen molar-refractivity contribution in [2.45, 2.75) is 46.1 Å². The lowest BCUT2D eigenvalue weighted by atomic mass is 10.0. The number of nitrogens with one attached hydrogen (secondary N) is 1.